The van der Waals surface area contributed by atoms with Crippen LogP contribution in [0.25, 0.3) is 33.4 Å². The zero-order chi connectivity index (χ0) is 22.8. The van der Waals surface area contributed by atoms with Gasteiger partial charge in [0.2, 0.25) is 11.8 Å². The average molecular weight is 445 g/mol. The number of nitrogens with zero attached hydrogens (tertiary/aromatic N) is 1. The zero-order valence-corrected chi connectivity index (χ0v) is 18.4. The first kappa shape index (κ1) is 21.3. The van der Waals surface area contributed by atoms with Crippen LogP contribution in [0.15, 0.2) is 67.4 Å². The molecular weight excluding hydrogens is 424 g/mol. The van der Waals surface area contributed by atoms with Crippen molar-refractivity contribution in [3.05, 3.63) is 78.0 Å². The number of pyridine rings is 1. The number of nitrogens with one attached hydrogen (secondary N) is 3. The van der Waals surface area contributed by atoms with E-state index in [4.69, 9.17) is 11.6 Å². The number of carbonyl (C=O) groups is 2. The molecule has 6 nitrogen and oxygen atoms in total. The minimum atomic E-state index is -0.280. The van der Waals surface area contributed by atoms with Gasteiger partial charge in [0.1, 0.15) is 5.65 Å². The Morgan fingerprint density at radius 1 is 1.06 bits per heavy atom. The van der Waals surface area contributed by atoms with E-state index in [1.54, 1.807) is 12.3 Å². The van der Waals surface area contributed by atoms with Crippen LogP contribution in [0.1, 0.15) is 12.5 Å². The molecule has 0 bridgehead atoms. The summed E-state index contributed by atoms with van der Waals surface area (Å²) in [6.07, 6.45) is 2.89. The Kier molecular flexibility index (Phi) is 5.79. The molecule has 0 radical (unpaired) electrons. The van der Waals surface area contributed by atoms with E-state index in [-0.39, 0.29) is 11.8 Å². The van der Waals surface area contributed by atoms with E-state index >= 15 is 0 Å². The first-order valence-corrected chi connectivity index (χ1v) is 10.3. The number of amides is 2. The molecule has 4 aromatic rings. The Hall–Kier alpha value is -3.90. The molecule has 0 atom stereocenters. The molecule has 0 spiro atoms. The Bertz CT molecular complexity index is 1360. The predicted molar refractivity (Wildman–Crippen MR) is 130 cm³/mol. The van der Waals surface area contributed by atoms with Gasteiger partial charge in [0, 0.05) is 35.4 Å². The molecular formula is C25H21ClN4O2. The van der Waals surface area contributed by atoms with E-state index in [1.807, 2.05) is 49.4 Å². The van der Waals surface area contributed by atoms with Gasteiger partial charge in [0.05, 0.1) is 10.7 Å². The summed E-state index contributed by atoms with van der Waals surface area (Å²) >= 11 is 6.58. The first-order valence-electron chi connectivity index (χ1n) is 9.96. The van der Waals surface area contributed by atoms with Gasteiger partial charge in [0.25, 0.3) is 0 Å². The molecule has 2 heterocycles. The highest BCUT2D eigenvalue weighted by Gasteiger charge is 2.19. The molecule has 0 aliphatic rings. The number of aromatic nitrogens is 2. The van der Waals surface area contributed by atoms with Crippen molar-refractivity contribution in [1.29, 1.82) is 0 Å². The summed E-state index contributed by atoms with van der Waals surface area (Å²) in [5.74, 6) is -0.411. The van der Waals surface area contributed by atoms with Crippen molar-refractivity contribution in [2.24, 2.45) is 0 Å². The number of carbonyl (C=O) groups excluding carboxylic acids is 2. The van der Waals surface area contributed by atoms with Crippen LogP contribution in [-0.2, 0) is 9.59 Å². The van der Waals surface area contributed by atoms with Crippen LogP contribution in [0.4, 0.5) is 11.4 Å². The molecule has 0 saturated heterocycles. The molecule has 0 saturated carbocycles. The monoisotopic (exact) mass is 444 g/mol. The van der Waals surface area contributed by atoms with Crippen molar-refractivity contribution >= 4 is 45.8 Å². The topological polar surface area (TPSA) is 86.9 Å². The molecule has 2 aromatic carbocycles. The fourth-order valence-corrected chi connectivity index (χ4v) is 3.84. The maximum Gasteiger partial charge on any atom is 0.247 e. The summed E-state index contributed by atoms with van der Waals surface area (Å²) in [5.41, 5.74) is 6.46. The minimum Gasteiger partial charge on any atom is -0.339 e. The third kappa shape index (κ3) is 4.13. The summed E-state index contributed by atoms with van der Waals surface area (Å²) in [5, 5.41) is 6.99. The lowest BCUT2D eigenvalue weighted by atomic mass is 9.97. The second-order valence-corrected chi connectivity index (χ2v) is 7.78. The molecule has 32 heavy (non-hydrogen) atoms. The second-order valence-electron chi connectivity index (χ2n) is 7.37. The van der Waals surface area contributed by atoms with Crippen molar-refractivity contribution in [1.82, 2.24) is 9.97 Å². The number of hydrogen-bond donors (Lipinski definition) is 3. The Morgan fingerprint density at radius 3 is 2.47 bits per heavy atom. The van der Waals surface area contributed by atoms with Gasteiger partial charge in [-0.1, -0.05) is 42.4 Å². The van der Waals surface area contributed by atoms with Gasteiger partial charge in [-0.15, -0.1) is 0 Å². The van der Waals surface area contributed by atoms with E-state index in [0.717, 1.165) is 33.3 Å². The number of anilines is 2. The third-order valence-electron chi connectivity index (χ3n) is 5.11. The number of fused-ring (bicyclic) bond motifs is 1. The van der Waals surface area contributed by atoms with Gasteiger partial charge in [-0.05, 0) is 54.0 Å². The van der Waals surface area contributed by atoms with E-state index in [9.17, 15) is 9.59 Å². The van der Waals surface area contributed by atoms with Crippen molar-refractivity contribution < 1.29 is 9.59 Å². The second kappa shape index (κ2) is 8.69. The first-order chi connectivity index (χ1) is 15.4. The minimum absolute atomic E-state index is 0.131. The van der Waals surface area contributed by atoms with Crippen molar-refractivity contribution in [3.8, 4) is 22.4 Å². The number of benzene rings is 2. The van der Waals surface area contributed by atoms with Gasteiger partial charge in [-0.25, -0.2) is 4.98 Å². The molecule has 2 aromatic heterocycles. The van der Waals surface area contributed by atoms with Crippen LogP contribution in [-0.4, -0.2) is 21.8 Å². The summed E-state index contributed by atoms with van der Waals surface area (Å²) < 4.78 is 0. The average Bonchev–Trinajstić information content (AvgIpc) is 3.16. The molecule has 0 aliphatic carbocycles. The zero-order valence-electron chi connectivity index (χ0n) is 17.6. The van der Waals surface area contributed by atoms with E-state index in [1.165, 1.54) is 13.0 Å². The SMILES string of the molecule is C=CC(=O)Nc1cc(-c2c(-c3ccc(NC(C)=O)cc3)[nH]c3nccc(Cl)c23)ccc1C. The summed E-state index contributed by atoms with van der Waals surface area (Å²) in [6.45, 7) is 6.92. The van der Waals surface area contributed by atoms with Crippen LogP contribution in [0.3, 0.4) is 0 Å². The number of aromatic amines is 1. The van der Waals surface area contributed by atoms with Gasteiger partial charge in [-0.3, -0.25) is 9.59 Å². The number of halogens is 1. The molecule has 7 heteroatoms. The lowest BCUT2D eigenvalue weighted by Crippen LogP contribution is -2.08. The van der Waals surface area contributed by atoms with Gasteiger partial charge in [0.15, 0.2) is 0 Å². The highest BCUT2D eigenvalue weighted by Crippen LogP contribution is 2.41. The molecule has 2 amide bonds. The highest BCUT2D eigenvalue weighted by atomic mass is 35.5. The van der Waals surface area contributed by atoms with Crippen LogP contribution < -0.4 is 10.6 Å². The van der Waals surface area contributed by atoms with Gasteiger partial charge < -0.3 is 15.6 Å². The van der Waals surface area contributed by atoms with Crippen molar-refractivity contribution in [2.45, 2.75) is 13.8 Å². The van der Waals surface area contributed by atoms with Gasteiger partial charge in [-0.2, -0.15) is 0 Å². The molecule has 0 unspecified atom stereocenters. The number of H-pyrrole nitrogens is 1. The van der Waals surface area contributed by atoms with Crippen LogP contribution >= 0.6 is 11.6 Å². The number of aryl methyl sites for hydroxylation is 1. The molecule has 160 valence electrons. The maximum atomic E-state index is 11.9. The Morgan fingerprint density at radius 2 is 1.78 bits per heavy atom. The summed E-state index contributed by atoms with van der Waals surface area (Å²) in [4.78, 5) is 31.1. The quantitative estimate of drug-likeness (QED) is 0.333. The van der Waals surface area contributed by atoms with Crippen LogP contribution in [0.2, 0.25) is 5.02 Å². The molecule has 0 aliphatic heterocycles. The number of rotatable bonds is 5. The van der Waals surface area contributed by atoms with Gasteiger partial charge >= 0.3 is 0 Å². The third-order valence-corrected chi connectivity index (χ3v) is 5.42. The Balaban J connectivity index is 1.91. The fraction of sp³-hybridized carbons (Fsp3) is 0.0800. The van der Waals surface area contributed by atoms with Crippen LogP contribution in [0.5, 0.6) is 0 Å². The summed E-state index contributed by atoms with van der Waals surface area (Å²) in [7, 11) is 0. The van der Waals surface area contributed by atoms with Crippen LogP contribution in [0, 0.1) is 6.92 Å². The molecule has 0 fully saturated rings. The molecule has 4 rings (SSSR count). The highest BCUT2D eigenvalue weighted by molar-refractivity contribution is 6.36. The lowest BCUT2D eigenvalue weighted by molar-refractivity contribution is -0.114. The molecule has 3 N–H and O–H groups in total. The van der Waals surface area contributed by atoms with Crippen molar-refractivity contribution in [2.75, 3.05) is 10.6 Å². The standard InChI is InChI=1S/C25H21ClN4O2/c1-4-21(32)29-20-13-17(6-5-14(20)2)22-23-19(26)11-12-27-25(23)30-24(22)16-7-9-18(10-8-16)28-15(3)31/h4-13H,1H2,2-3H3,(H,27,30)(H,28,31)(H,29,32). The maximum absolute atomic E-state index is 11.9. The van der Waals surface area contributed by atoms with E-state index in [2.05, 4.69) is 27.2 Å². The fourth-order valence-electron chi connectivity index (χ4n) is 3.60. The number of hydrogen-bond acceptors (Lipinski definition) is 3. The smallest absolute Gasteiger partial charge is 0.247 e. The largest absolute Gasteiger partial charge is 0.339 e. The van der Waals surface area contributed by atoms with E-state index < -0.39 is 0 Å². The van der Waals surface area contributed by atoms with Crippen molar-refractivity contribution in [3.63, 3.8) is 0 Å². The predicted octanol–water partition coefficient (Wildman–Crippen LogP) is 5.94. The normalized spacial score (nSPS) is 10.7. The lowest BCUT2D eigenvalue weighted by Gasteiger charge is -2.12. The van der Waals surface area contributed by atoms with E-state index in [0.29, 0.717) is 22.0 Å². The Labute approximate surface area is 190 Å². The summed E-state index contributed by atoms with van der Waals surface area (Å²) in [6, 6.07) is 15.1.